The SMILES string of the molecule is CC(C)(C)OC(=O)N(CC1(c2noc(-c3ccccc3C#N)n2)CCC1)[C@H]1CC1c1ccccc1. The van der Waals surface area contributed by atoms with Crippen LogP contribution in [-0.4, -0.2) is 39.3 Å². The highest BCUT2D eigenvalue weighted by atomic mass is 16.6. The molecule has 0 bridgehead atoms. The van der Waals surface area contributed by atoms with Gasteiger partial charge in [-0.1, -0.05) is 54.0 Å². The van der Waals surface area contributed by atoms with Gasteiger partial charge in [-0.2, -0.15) is 10.2 Å². The Labute approximate surface area is 205 Å². The van der Waals surface area contributed by atoms with Crippen molar-refractivity contribution in [2.75, 3.05) is 6.54 Å². The van der Waals surface area contributed by atoms with Crippen LogP contribution in [0.25, 0.3) is 11.5 Å². The van der Waals surface area contributed by atoms with Gasteiger partial charge in [0.05, 0.1) is 22.6 Å². The second-order valence-electron chi connectivity index (χ2n) is 10.6. The van der Waals surface area contributed by atoms with Crippen molar-refractivity contribution in [3.8, 4) is 17.5 Å². The molecule has 3 aromatic rings. The Bertz CT molecular complexity index is 1250. The Morgan fingerprint density at radius 2 is 1.89 bits per heavy atom. The van der Waals surface area contributed by atoms with Crippen molar-refractivity contribution in [1.82, 2.24) is 15.0 Å². The highest BCUT2D eigenvalue weighted by Gasteiger charge is 2.52. The van der Waals surface area contributed by atoms with Crippen LogP contribution < -0.4 is 0 Å². The lowest BCUT2D eigenvalue weighted by Crippen LogP contribution is -2.50. The van der Waals surface area contributed by atoms with E-state index >= 15 is 0 Å². The predicted molar refractivity (Wildman–Crippen MR) is 131 cm³/mol. The van der Waals surface area contributed by atoms with E-state index in [0.29, 0.717) is 35.3 Å². The fourth-order valence-electron chi connectivity index (χ4n) is 4.92. The van der Waals surface area contributed by atoms with Crippen LogP contribution >= 0.6 is 0 Å². The number of ether oxygens (including phenoxy) is 1. The van der Waals surface area contributed by atoms with Crippen LogP contribution in [-0.2, 0) is 10.2 Å². The molecule has 2 saturated carbocycles. The van der Waals surface area contributed by atoms with Crippen LogP contribution in [0.5, 0.6) is 0 Å². The average Bonchev–Trinajstić information content (AvgIpc) is 3.45. The minimum absolute atomic E-state index is 0.0791. The number of nitriles is 1. The Balaban J connectivity index is 1.43. The van der Waals surface area contributed by atoms with Gasteiger partial charge in [0.2, 0.25) is 0 Å². The number of hydrogen-bond donors (Lipinski definition) is 0. The molecule has 35 heavy (non-hydrogen) atoms. The molecule has 1 heterocycles. The summed E-state index contributed by atoms with van der Waals surface area (Å²) in [7, 11) is 0. The van der Waals surface area contributed by atoms with Crippen LogP contribution in [0.3, 0.4) is 0 Å². The minimum atomic E-state index is -0.584. The number of nitrogens with zero attached hydrogens (tertiary/aromatic N) is 4. The number of benzene rings is 2. The monoisotopic (exact) mass is 470 g/mol. The molecular formula is C28H30N4O3. The number of aromatic nitrogens is 2. The fraction of sp³-hybridized carbons (Fsp3) is 0.429. The normalized spacial score (nSPS) is 20.4. The van der Waals surface area contributed by atoms with E-state index in [1.165, 1.54) is 5.56 Å². The standard InChI is InChI=1S/C28H30N4O3/c1-27(2,3)34-26(33)32(23-16-22(23)19-10-5-4-6-11-19)18-28(14-9-15-28)25-30-24(35-31-25)21-13-8-7-12-20(21)17-29/h4-8,10-13,22-23H,9,14-16,18H2,1-3H3/t22?,23-/m0/s1. The number of carbonyl (C=O) groups is 1. The van der Waals surface area contributed by atoms with Gasteiger partial charge in [-0.25, -0.2) is 4.79 Å². The first-order chi connectivity index (χ1) is 16.8. The Hall–Kier alpha value is -3.66. The summed E-state index contributed by atoms with van der Waals surface area (Å²) in [5, 5.41) is 13.8. The maximum atomic E-state index is 13.4. The Kier molecular flexibility index (Phi) is 5.84. The number of hydrogen-bond acceptors (Lipinski definition) is 6. The summed E-state index contributed by atoms with van der Waals surface area (Å²) >= 11 is 0. The van der Waals surface area contributed by atoms with Crippen molar-refractivity contribution in [3.05, 3.63) is 71.5 Å². The molecule has 5 rings (SSSR count). The lowest BCUT2D eigenvalue weighted by atomic mass is 9.67. The summed E-state index contributed by atoms with van der Waals surface area (Å²) in [5.74, 6) is 1.22. The molecule has 0 aliphatic heterocycles. The highest BCUT2D eigenvalue weighted by molar-refractivity contribution is 5.70. The molecule has 2 aliphatic rings. The average molecular weight is 471 g/mol. The lowest BCUT2D eigenvalue weighted by Gasteiger charge is -2.43. The first-order valence-electron chi connectivity index (χ1n) is 12.2. The van der Waals surface area contributed by atoms with E-state index in [1.807, 2.05) is 62.1 Å². The second-order valence-corrected chi connectivity index (χ2v) is 10.6. The molecule has 0 saturated heterocycles. The summed E-state index contributed by atoms with van der Waals surface area (Å²) < 4.78 is 11.4. The largest absolute Gasteiger partial charge is 0.444 e. The molecular weight excluding hydrogens is 440 g/mol. The lowest BCUT2D eigenvalue weighted by molar-refractivity contribution is 0.0123. The summed E-state index contributed by atoms with van der Waals surface area (Å²) in [5.41, 5.74) is 1.38. The zero-order valence-electron chi connectivity index (χ0n) is 20.4. The summed E-state index contributed by atoms with van der Waals surface area (Å²) in [6.07, 6.45) is 3.38. The quantitative estimate of drug-likeness (QED) is 0.450. The van der Waals surface area contributed by atoms with Gasteiger partial charge >= 0.3 is 6.09 Å². The Morgan fingerprint density at radius 3 is 2.54 bits per heavy atom. The third-order valence-electron chi connectivity index (χ3n) is 6.97. The van der Waals surface area contributed by atoms with Gasteiger partial charge in [0, 0.05) is 18.5 Å². The van der Waals surface area contributed by atoms with Crippen molar-refractivity contribution in [2.45, 2.75) is 69.4 Å². The Morgan fingerprint density at radius 1 is 1.17 bits per heavy atom. The smallest absolute Gasteiger partial charge is 0.410 e. The van der Waals surface area contributed by atoms with E-state index in [2.05, 4.69) is 23.4 Å². The first-order valence-corrected chi connectivity index (χ1v) is 12.2. The van der Waals surface area contributed by atoms with Crippen LogP contribution in [0.4, 0.5) is 4.79 Å². The van der Waals surface area contributed by atoms with Gasteiger partial charge in [-0.3, -0.25) is 0 Å². The first kappa shape index (κ1) is 23.1. The van der Waals surface area contributed by atoms with Crippen molar-refractivity contribution in [2.24, 2.45) is 0 Å². The van der Waals surface area contributed by atoms with Gasteiger partial charge in [0.15, 0.2) is 5.82 Å². The molecule has 180 valence electrons. The maximum Gasteiger partial charge on any atom is 0.410 e. The molecule has 0 N–H and O–H groups in total. The van der Waals surface area contributed by atoms with Crippen molar-refractivity contribution in [3.63, 3.8) is 0 Å². The van der Waals surface area contributed by atoms with Gasteiger partial charge < -0.3 is 14.2 Å². The highest BCUT2D eigenvalue weighted by Crippen LogP contribution is 2.49. The molecule has 1 amide bonds. The van der Waals surface area contributed by atoms with Gasteiger partial charge in [0.25, 0.3) is 5.89 Å². The second kappa shape index (κ2) is 8.84. The van der Waals surface area contributed by atoms with Crippen LogP contribution in [0, 0.1) is 11.3 Å². The van der Waals surface area contributed by atoms with E-state index in [4.69, 9.17) is 14.2 Å². The van der Waals surface area contributed by atoms with Gasteiger partial charge in [-0.05, 0) is 57.7 Å². The molecule has 2 atom stereocenters. The van der Waals surface area contributed by atoms with Gasteiger partial charge in [0.1, 0.15) is 5.60 Å². The predicted octanol–water partition coefficient (Wildman–Crippen LogP) is 5.82. The summed E-state index contributed by atoms with van der Waals surface area (Å²) in [4.78, 5) is 20.0. The van der Waals surface area contributed by atoms with E-state index in [-0.39, 0.29) is 17.6 Å². The molecule has 7 nitrogen and oxygen atoms in total. The molecule has 1 unspecified atom stereocenters. The maximum absolute atomic E-state index is 13.4. The van der Waals surface area contributed by atoms with Crippen LogP contribution in [0.15, 0.2) is 59.1 Å². The summed E-state index contributed by atoms with van der Waals surface area (Å²) in [6.45, 7) is 6.15. The number of carbonyl (C=O) groups excluding carboxylic acids is 1. The van der Waals surface area contributed by atoms with E-state index in [0.717, 1.165) is 25.7 Å². The molecule has 2 aromatic carbocycles. The summed E-state index contributed by atoms with van der Waals surface area (Å²) in [6, 6.07) is 19.8. The molecule has 2 aliphatic carbocycles. The molecule has 1 aromatic heterocycles. The zero-order chi connectivity index (χ0) is 24.6. The van der Waals surface area contributed by atoms with Gasteiger partial charge in [-0.15, -0.1) is 0 Å². The third-order valence-corrected chi connectivity index (χ3v) is 6.97. The molecule has 0 radical (unpaired) electrons. The van der Waals surface area contributed by atoms with Crippen molar-refractivity contribution in [1.29, 1.82) is 5.26 Å². The van der Waals surface area contributed by atoms with Crippen molar-refractivity contribution >= 4 is 6.09 Å². The van der Waals surface area contributed by atoms with E-state index in [1.54, 1.807) is 6.07 Å². The molecule has 0 spiro atoms. The fourth-order valence-corrected chi connectivity index (χ4v) is 4.92. The number of amides is 1. The topological polar surface area (TPSA) is 92.2 Å². The third kappa shape index (κ3) is 4.66. The van der Waals surface area contributed by atoms with E-state index in [9.17, 15) is 10.1 Å². The molecule has 7 heteroatoms. The zero-order valence-corrected chi connectivity index (χ0v) is 20.4. The van der Waals surface area contributed by atoms with E-state index < -0.39 is 5.60 Å². The van der Waals surface area contributed by atoms with Crippen LogP contribution in [0.2, 0.25) is 0 Å². The van der Waals surface area contributed by atoms with Crippen molar-refractivity contribution < 1.29 is 14.1 Å². The van der Waals surface area contributed by atoms with Crippen LogP contribution in [0.1, 0.15) is 69.3 Å². The number of rotatable bonds is 6. The minimum Gasteiger partial charge on any atom is -0.444 e. The molecule has 2 fully saturated rings.